The first kappa shape index (κ1) is 10.2. The number of carbonyl (C=O) groups is 1. The fourth-order valence-electron chi connectivity index (χ4n) is 2.14. The quantitative estimate of drug-likeness (QED) is 0.757. The minimum absolute atomic E-state index is 0.649. The fraction of sp³-hybridized carbons (Fsp3) is 0.417. The first-order valence-electron chi connectivity index (χ1n) is 5.40. The molecule has 2 rings (SSSR count). The van der Waals surface area contributed by atoms with E-state index in [1.165, 1.54) is 5.56 Å². The van der Waals surface area contributed by atoms with Crippen LogP contribution in [-0.4, -0.2) is 24.5 Å². The second kappa shape index (κ2) is 4.94. The number of benzene rings is 1. The van der Waals surface area contributed by atoms with Crippen molar-refractivity contribution in [2.24, 2.45) is 0 Å². The Morgan fingerprint density at radius 1 is 1.20 bits per heavy atom. The molecule has 1 aliphatic heterocycles. The molecule has 80 valence electrons. The standard InChI is InChI=1S/C12H16N2O/c15-10-13-14-8-6-12(7-9-14)11-4-2-1-3-5-11/h1-5,10,12H,6-9H2,(H,13,15). The van der Waals surface area contributed by atoms with Crippen LogP contribution in [0.4, 0.5) is 0 Å². The molecule has 3 nitrogen and oxygen atoms in total. The van der Waals surface area contributed by atoms with E-state index in [0.29, 0.717) is 5.92 Å². The number of hydrazine groups is 1. The van der Waals surface area contributed by atoms with E-state index in [1.54, 1.807) is 0 Å². The molecule has 1 fully saturated rings. The van der Waals surface area contributed by atoms with Gasteiger partial charge in [0.2, 0.25) is 6.41 Å². The molecule has 0 radical (unpaired) electrons. The van der Waals surface area contributed by atoms with Crippen molar-refractivity contribution >= 4 is 6.41 Å². The van der Waals surface area contributed by atoms with Crippen molar-refractivity contribution in [3.63, 3.8) is 0 Å². The van der Waals surface area contributed by atoms with E-state index >= 15 is 0 Å². The zero-order valence-electron chi connectivity index (χ0n) is 8.73. The van der Waals surface area contributed by atoms with Crippen LogP contribution in [0.5, 0.6) is 0 Å². The van der Waals surface area contributed by atoms with E-state index in [9.17, 15) is 4.79 Å². The van der Waals surface area contributed by atoms with Gasteiger partial charge in [-0.1, -0.05) is 30.3 Å². The van der Waals surface area contributed by atoms with Crippen molar-refractivity contribution < 1.29 is 4.79 Å². The zero-order valence-corrected chi connectivity index (χ0v) is 8.73. The van der Waals surface area contributed by atoms with Crippen LogP contribution in [0.25, 0.3) is 0 Å². The number of amides is 1. The summed E-state index contributed by atoms with van der Waals surface area (Å²) >= 11 is 0. The fourth-order valence-corrected chi connectivity index (χ4v) is 2.14. The summed E-state index contributed by atoms with van der Waals surface area (Å²) < 4.78 is 0. The summed E-state index contributed by atoms with van der Waals surface area (Å²) in [7, 11) is 0. The maximum absolute atomic E-state index is 10.3. The van der Waals surface area contributed by atoms with Crippen molar-refractivity contribution in [1.29, 1.82) is 0 Å². The summed E-state index contributed by atoms with van der Waals surface area (Å²) in [6, 6.07) is 10.6. The molecule has 0 unspecified atom stereocenters. The summed E-state index contributed by atoms with van der Waals surface area (Å²) in [6.45, 7) is 1.89. The van der Waals surface area contributed by atoms with Gasteiger partial charge in [0.1, 0.15) is 0 Å². The van der Waals surface area contributed by atoms with E-state index in [-0.39, 0.29) is 0 Å². The lowest BCUT2D eigenvalue weighted by molar-refractivity contribution is -0.114. The van der Waals surface area contributed by atoms with Gasteiger partial charge in [0.15, 0.2) is 0 Å². The predicted octanol–water partition coefficient (Wildman–Crippen LogP) is 1.53. The minimum Gasteiger partial charge on any atom is -0.292 e. The van der Waals surface area contributed by atoms with Crippen LogP contribution in [0.1, 0.15) is 24.3 Å². The number of nitrogens with one attached hydrogen (secondary N) is 1. The first-order chi connectivity index (χ1) is 7.40. The molecule has 0 aliphatic carbocycles. The molecule has 0 aromatic heterocycles. The number of nitrogens with zero attached hydrogens (tertiary/aromatic N) is 1. The smallest absolute Gasteiger partial charge is 0.221 e. The maximum atomic E-state index is 10.3. The Morgan fingerprint density at radius 2 is 1.87 bits per heavy atom. The third-order valence-electron chi connectivity index (χ3n) is 3.00. The van der Waals surface area contributed by atoms with Gasteiger partial charge in [-0.3, -0.25) is 10.2 Å². The lowest BCUT2D eigenvalue weighted by Gasteiger charge is -2.31. The molecule has 1 aromatic rings. The predicted molar refractivity (Wildman–Crippen MR) is 59.2 cm³/mol. The van der Waals surface area contributed by atoms with E-state index in [0.717, 1.165) is 32.3 Å². The van der Waals surface area contributed by atoms with Gasteiger partial charge in [-0.25, -0.2) is 5.01 Å². The largest absolute Gasteiger partial charge is 0.292 e. The molecule has 0 atom stereocenters. The Kier molecular flexibility index (Phi) is 3.35. The summed E-state index contributed by atoms with van der Waals surface area (Å²) in [4.78, 5) is 10.3. The average Bonchev–Trinajstić information content (AvgIpc) is 2.32. The second-order valence-corrected chi connectivity index (χ2v) is 3.92. The molecule has 0 saturated carbocycles. The monoisotopic (exact) mass is 204 g/mol. The van der Waals surface area contributed by atoms with E-state index in [2.05, 4.69) is 29.7 Å². The second-order valence-electron chi connectivity index (χ2n) is 3.92. The van der Waals surface area contributed by atoms with E-state index < -0.39 is 0 Å². The van der Waals surface area contributed by atoms with Crippen molar-refractivity contribution in [2.45, 2.75) is 18.8 Å². The van der Waals surface area contributed by atoms with E-state index in [1.807, 2.05) is 11.1 Å². The molecule has 1 N–H and O–H groups in total. The number of hydrogen-bond acceptors (Lipinski definition) is 2. The highest BCUT2D eigenvalue weighted by Gasteiger charge is 2.19. The maximum Gasteiger partial charge on any atom is 0.221 e. The van der Waals surface area contributed by atoms with Gasteiger partial charge >= 0.3 is 0 Å². The topological polar surface area (TPSA) is 32.3 Å². The molecule has 0 bridgehead atoms. The Morgan fingerprint density at radius 3 is 2.47 bits per heavy atom. The van der Waals surface area contributed by atoms with Crippen LogP contribution in [0.3, 0.4) is 0 Å². The molecular formula is C12H16N2O. The zero-order chi connectivity index (χ0) is 10.5. The molecule has 15 heavy (non-hydrogen) atoms. The van der Waals surface area contributed by atoms with Crippen LogP contribution >= 0.6 is 0 Å². The Labute approximate surface area is 90.1 Å². The van der Waals surface area contributed by atoms with Crippen molar-refractivity contribution in [3.05, 3.63) is 35.9 Å². The first-order valence-corrected chi connectivity index (χ1v) is 5.40. The van der Waals surface area contributed by atoms with E-state index in [4.69, 9.17) is 0 Å². The minimum atomic E-state index is 0.649. The molecule has 0 spiro atoms. The SMILES string of the molecule is O=CNN1CCC(c2ccccc2)CC1. The van der Waals surface area contributed by atoms with Gasteiger partial charge in [0, 0.05) is 13.1 Å². The lowest BCUT2D eigenvalue weighted by atomic mass is 9.90. The van der Waals surface area contributed by atoms with Gasteiger partial charge in [0.05, 0.1) is 0 Å². The molecule has 1 amide bonds. The van der Waals surface area contributed by atoms with Gasteiger partial charge in [-0.2, -0.15) is 0 Å². The highest BCUT2D eigenvalue weighted by molar-refractivity contribution is 5.45. The molecule has 1 aromatic carbocycles. The van der Waals surface area contributed by atoms with Crippen LogP contribution in [0, 0.1) is 0 Å². The van der Waals surface area contributed by atoms with Gasteiger partial charge in [-0.15, -0.1) is 0 Å². The summed E-state index contributed by atoms with van der Waals surface area (Å²) in [5.74, 6) is 0.649. The third kappa shape index (κ3) is 2.57. The normalized spacial score (nSPS) is 18.7. The highest BCUT2D eigenvalue weighted by Crippen LogP contribution is 2.26. The van der Waals surface area contributed by atoms with Crippen molar-refractivity contribution in [3.8, 4) is 0 Å². The third-order valence-corrected chi connectivity index (χ3v) is 3.00. The lowest BCUT2D eigenvalue weighted by Crippen LogP contribution is -2.42. The summed E-state index contributed by atoms with van der Waals surface area (Å²) in [6.07, 6.45) is 2.98. The van der Waals surface area contributed by atoms with Crippen LogP contribution in [0.2, 0.25) is 0 Å². The molecule has 1 saturated heterocycles. The average molecular weight is 204 g/mol. The Hall–Kier alpha value is -1.35. The van der Waals surface area contributed by atoms with Crippen LogP contribution < -0.4 is 5.43 Å². The summed E-state index contributed by atoms with van der Waals surface area (Å²) in [5.41, 5.74) is 4.13. The Bertz CT molecular complexity index is 305. The molecule has 1 heterocycles. The highest BCUT2D eigenvalue weighted by atomic mass is 16.1. The number of rotatable bonds is 3. The number of carbonyl (C=O) groups excluding carboxylic acids is 1. The van der Waals surface area contributed by atoms with Gasteiger partial charge in [-0.05, 0) is 24.3 Å². The van der Waals surface area contributed by atoms with Gasteiger partial charge in [0.25, 0.3) is 0 Å². The van der Waals surface area contributed by atoms with Crippen LogP contribution in [0.15, 0.2) is 30.3 Å². The molecule has 3 heteroatoms. The number of piperidine rings is 1. The van der Waals surface area contributed by atoms with Crippen molar-refractivity contribution in [1.82, 2.24) is 10.4 Å². The van der Waals surface area contributed by atoms with Crippen molar-refractivity contribution in [2.75, 3.05) is 13.1 Å². The molecule has 1 aliphatic rings. The summed E-state index contributed by atoms with van der Waals surface area (Å²) in [5, 5.41) is 1.98. The molecular weight excluding hydrogens is 188 g/mol. The number of hydrogen-bond donors (Lipinski definition) is 1. The van der Waals surface area contributed by atoms with Crippen LogP contribution in [-0.2, 0) is 4.79 Å². The Balaban J connectivity index is 1.91. The van der Waals surface area contributed by atoms with Gasteiger partial charge < -0.3 is 0 Å².